The molecule has 1 N–H and O–H groups in total. The van der Waals surface area contributed by atoms with Crippen LogP contribution in [0.25, 0.3) is 0 Å². The summed E-state index contributed by atoms with van der Waals surface area (Å²) in [6, 6.07) is 14.8. The molecule has 2 aromatic carbocycles. The first kappa shape index (κ1) is 14.1. The lowest BCUT2D eigenvalue weighted by molar-refractivity contribution is 0.102. The summed E-state index contributed by atoms with van der Waals surface area (Å²) in [6.07, 6.45) is 0.138. The predicted octanol–water partition coefficient (Wildman–Crippen LogP) is 4.03. The maximum Gasteiger partial charge on any atom is 0.255 e. The van der Waals surface area contributed by atoms with Crippen LogP contribution in [0, 0.1) is 6.92 Å². The Kier molecular flexibility index (Phi) is 4.41. The van der Waals surface area contributed by atoms with Gasteiger partial charge in [-0.2, -0.15) is 0 Å². The van der Waals surface area contributed by atoms with Crippen molar-refractivity contribution in [2.45, 2.75) is 26.9 Å². The molecule has 3 nitrogen and oxygen atoms in total. The Morgan fingerprint density at radius 1 is 1.10 bits per heavy atom. The molecule has 0 heterocycles. The van der Waals surface area contributed by atoms with Crippen LogP contribution in [0.1, 0.15) is 29.8 Å². The van der Waals surface area contributed by atoms with Gasteiger partial charge in [0.15, 0.2) is 0 Å². The molecule has 0 bridgehead atoms. The molecule has 0 saturated carbocycles. The molecule has 0 aliphatic heterocycles. The average Bonchev–Trinajstić information content (AvgIpc) is 2.42. The molecule has 0 spiro atoms. The lowest BCUT2D eigenvalue weighted by Crippen LogP contribution is -2.13. The highest BCUT2D eigenvalue weighted by atomic mass is 16.5. The Hall–Kier alpha value is -2.29. The number of aryl methyl sites for hydroxylation is 1. The van der Waals surface area contributed by atoms with E-state index in [1.54, 1.807) is 12.1 Å². The van der Waals surface area contributed by atoms with Crippen LogP contribution < -0.4 is 10.1 Å². The van der Waals surface area contributed by atoms with Crippen LogP contribution in [0.4, 0.5) is 5.69 Å². The summed E-state index contributed by atoms with van der Waals surface area (Å²) in [7, 11) is 0. The maximum absolute atomic E-state index is 12.1. The number of hydrogen-bond donors (Lipinski definition) is 1. The van der Waals surface area contributed by atoms with Gasteiger partial charge < -0.3 is 10.1 Å². The number of carbonyl (C=O) groups excluding carboxylic acids is 1. The van der Waals surface area contributed by atoms with Gasteiger partial charge in [0.05, 0.1) is 6.10 Å². The number of anilines is 1. The van der Waals surface area contributed by atoms with Crippen molar-refractivity contribution in [2.75, 3.05) is 5.32 Å². The second-order valence-corrected chi connectivity index (χ2v) is 4.96. The van der Waals surface area contributed by atoms with Crippen LogP contribution in [-0.4, -0.2) is 12.0 Å². The van der Waals surface area contributed by atoms with Crippen LogP contribution in [0.15, 0.2) is 48.5 Å². The highest BCUT2D eigenvalue weighted by Gasteiger charge is 2.08. The molecule has 0 saturated heterocycles. The number of rotatable bonds is 4. The van der Waals surface area contributed by atoms with Crippen molar-refractivity contribution < 1.29 is 9.53 Å². The van der Waals surface area contributed by atoms with E-state index in [1.165, 1.54) is 0 Å². The number of hydrogen-bond acceptors (Lipinski definition) is 2. The van der Waals surface area contributed by atoms with Gasteiger partial charge in [0, 0.05) is 11.3 Å². The summed E-state index contributed by atoms with van der Waals surface area (Å²) in [5.74, 6) is 0.710. The molecule has 0 aliphatic carbocycles. The Morgan fingerprint density at radius 2 is 1.80 bits per heavy atom. The van der Waals surface area contributed by atoms with Crippen molar-refractivity contribution in [3.8, 4) is 5.75 Å². The van der Waals surface area contributed by atoms with Crippen LogP contribution in [0.3, 0.4) is 0 Å². The van der Waals surface area contributed by atoms with E-state index in [9.17, 15) is 4.79 Å². The second-order valence-electron chi connectivity index (χ2n) is 4.96. The number of benzene rings is 2. The first-order chi connectivity index (χ1) is 9.56. The number of ether oxygens (including phenoxy) is 1. The van der Waals surface area contributed by atoms with Gasteiger partial charge in [0.25, 0.3) is 5.91 Å². The monoisotopic (exact) mass is 269 g/mol. The Labute approximate surface area is 119 Å². The highest BCUT2D eigenvalue weighted by Crippen LogP contribution is 2.22. The van der Waals surface area contributed by atoms with Crippen molar-refractivity contribution in [1.29, 1.82) is 0 Å². The largest absolute Gasteiger partial charge is 0.491 e. The minimum atomic E-state index is -0.105. The van der Waals surface area contributed by atoms with Crippen molar-refractivity contribution in [2.24, 2.45) is 0 Å². The van der Waals surface area contributed by atoms with Crippen molar-refractivity contribution in [1.82, 2.24) is 0 Å². The van der Waals surface area contributed by atoms with Gasteiger partial charge in [-0.1, -0.05) is 18.2 Å². The van der Waals surface area contributed by atoms with Crippen LogP contribution in [0.2, 0.25) is 0 Å². The summed E-state index contributed by atoms with van der Waals surface area (Å²) in [5.41, 5.74) is 2.43. The number of nitrogens with one attached hydrogen (secondary N) is 1. The smallest absolute Gasteiger partial charge is 0.255 e. The fourth-order valence-electron chi connectivity index (χ4n) is 1.91. The van der Waals surface area contributed by atoms with Gasteiger partial charge in [0.2, 0.25) is 0 Å². The minimum Gasteiger partial charge on any atom is -0.491 e. The molecular weight excluding hydrogens is 250 g/mol. The molecule has 1 amide bonds. The van der Waals surface area contributed by atoms with Gasteiger partial charge >= 0.3 is 0 Å². The Bertz CT molecular complexity index is 591. The third-order valence-electron chi connectivity index (χ3n) is 2.85. The highest BCUT2D eigenvalue weighted by molar-refractivity contribution is 6.04. The first-order valence-electron chi connectivity index (χ1n) is 6.70. The van der Waals surface area contributed by atoms with Gasteiger partial charge in [-0.3, -0.25) is 4.79 Å². The molecule has 2 rings (SSSR count). The zero-order chi connectivity index (χ0) is 14.5. The third kappa shape index (κ3) is 3.60. The molecule has 2 aromatic rings. The summed E-state index contributed by atoms with van der Waals surface area (Å²) < 4.78 is 5.63. The van der Waals surface area contributed by atoms with E-state index in [0.29, 0.717) is 5.56 Å². The minimum absolute atomic E-state index is 0.105. The topological polar surface area (TPSA) is 38.3 Å². The Morgan fingerprint density at radius 3 is 2.40 bits per heavy atom. The van der Waals surface area contributed by atoms with Crippen LogP contribution in [-0.2, 0) is 0 Å². The van der Waals surface area contributed by atoms with Gasteiger partial charge in [0.1, 0.15) is 5.75 Å². The zero-order valence-electron chi connectivity index (χ0n) is 12.0. The fraction of sp³-hybridized carbons (Fsp3) is 0.235. The summed E-state index contributed by atoms with van der Waals surface area (Å²) in [5, 5.41) is 2.91. The fourth-order valence-corrected chi connectivity index (χ4v) is 1.91. The van der Waals surface area contributed by atoms with E-state index in [4.69, 9.17) is 4.74 Å². The van der Waals surface area contributed by atoms with Crippen LogP contribution >= 0.6 is 0 Å². The second kappa shape index (κ2) is 6.24. The lowest BCUT2D eigenvalue weighted by Gasteiger charge is -2.13. The quantitative estimate of drug-likeness (QED) is 0.909. The van der Waals surface area contributed by atoms with E-state index in [-0.39, 0.29) is 12.0 Å². The first-order valence-corrected chi connectivity index (χ1v) is 6.70. The number of amides is 1. The van der Waals surface area contributed by atoms with E-state index in [1.807, 2.05) is 57.2 Å². The summed E-state index contributed by atoms with van der Waals surface area (Å²) in [4.78, 5) is 12.1. The van der Waals surface area contributed by atoms with Gasteiger partial charge in [-0.15, -0.1) is 0 Å². The standard InChI is InChI=1S/C17H19NO2/c1-12(2)20-15-9-10-16(13(3)11-15)18-17(19)14-7-5-4-6-8-14/h4-12H,1-3H3,(H,18,19). The SMILES string of the molecule is Cc1cc(OC(C)C)ccc1NC(=O)c1ccccc1. The molecule has 0 atom stereocenters. The molecule has 0 unspecified atom stereocenters. The molecule has 104 valence electrons. The molecule has 0 radical (unpaired) electrons. The molecule has 0 aliphatic rings. The van der Waals surface area contributed by atoms with Gasteiger partial charge in [-0.25, -0.2) is 0 Å². The van der Waals surface area contributed by atoms with Crippen molar-refractivity contribution in [3.05, 3.63) is 59.7 Å². The zero-order valence-corrected chi connectivity index (χ0v) is 12.0. The van der Waals surface area contributed by atoms with Crippen molar-refractivity contribution >= 4 is 11.6 Å². The van der Waals surface area contributed by atoms with Gasteiger partial charge in [-0.05, 0) is 56.7 Å². The maximum atomic E-state index is 12.1. The van der Waals surface area contributed by atoms with E-state index in [0.717, 1.165) is 17.0 Å². The van der Waals surface area contributed by atoms with E-state index < -0.39 is 0 Å². The van der Waals surface area contributed by atoms with E-state index in [2.05, 4.69) is 5.32 Å². The van der Waals surface area contributed by atoms with E-state index >= 15 is 0 Å². The lowest BCUT2D eigenvalue weighted by atomic mass is 10.1. The summed E-state index contributed by atoms with van der Waals surface area (Å²) in [6.45, 7) is 5.93. The summed E-state index contributed by atoms with van der Waals surface area (Å²) >= 11 is 0. The Balaban J connectivity index is 2.12. The predicted molar refractivity (Wildman–Crippen MR) is 81.3 cm³/mol. The normalized spacial score (nSPS) is 10.4. The number of carbonyl (C=O) groups is 1. The average molecular weight is 269 g/mol. The van der Waals surface area contributed by atoms with Crippen molar-refractivity contribution in [3.63, 3.8) is 0 Å². The molecule has 0 aromatic heterocycles. The molecule has 20 heavy (non-hydrogen) atoms. The third-order valence-corrected chi connectivity index (χ3v) is 2.85. The molecule has 0 fully saturated rings. The molecular formula is C17H19NO2. The molecule has 3 heteroatoms. The van der Waals surface area contributed by atoms with Crippen LogP contribution in [0.5, 0.6) is 5.75 Å².